The number of hydrogen-bond acceptors (Lipinski definition) is 4. The first kappa shape index (κ1) is 20.2. The molecule has 1 N–H and O–H groups in total. The van der Waals surface area contributed by atoms with E-state index < -0.39 is 6.10 Å². The fraction of sp³-hybridized carbons (Fsp3) is 0.250. The molecular weight excluding hydrogens is 401 g/mol. The number of aromatic amines is 1. The van der Waals surface area contributed by atoms with Crippen LogP contribution >= 0.6 is 23.2 Å². The van der Waals surface area contributed by atoms with Crippen LogP contribution in [0.3, 0.4) is 0 Å². The Morgan fingerprint density at radius 2 is 1.86 bits per heavy atom. The topological polar surface area (TPSA) is 75.3 Å². The lowest BCUT2D eigenvalue weighted by atomic mass is 10.2. The molecule has 3 rings (SSSR count). The number of H-pyrrole nitrogens is 1. The standard InChI is InChI=1S/C20H19Cl2N3O3/c1-3-25(20(27)12(2)28-15-7-4-13(21)5-8-15)11-18-23-17-10-14(22)6-9-16(17)19(26)24-18/h4-10,12H,3,11H2,1-2H3,(H,23,24,26)/t12-/m1/s1. The summed E-state index contributed by atoms with van der Waals surface area (Å²) in [6.45, 7) is 4.12. The number of halogens is 2. The van der Waals surface area contributed by atoms with E-state index in [1.165, 1.54) is 0 Å². The van der Waals surface area contributed by atoms with Gasteiger partial charge in [-0.3, -0.25) is 9.59 Å². The van der Waals surface area contributed by atoms with E-state index in [1.54, 1.807) is 54.3 Å². The van der Waals surface area contributed by atoms with E-state index >= 15 is 0 Å². The van der Waals surface area contributed by atoms with Crippen LogP contribution in [-0.2, 0) is 11.3 Å². The molecule has 1 aromatic heterocycles. The molecule has 0 unspecified atom stereocenters. The molecule has 1 heterocycles. The van der Waals surface area contributed by atoms with Gasteiger partial charge in [-0.15, -0.1) is 0 Å². The van der Waals surface area contributed by atoms with Crippen LogP contribution in [0.4, 0.5) is 0 Å². The van der Waals surface area contributed by atoms with Gasteiger partial charge in [-0.1, -0.05) is 23.2 Å². The summed E-state index contributed by atoms with van der Waals surface area (Å²) in [7, 11) is 0. The maximum Gasteiger partial charge on any atom is 0.263 e. The van der Waals surface area contributed by atoms with Crippen molar-refractivity contribution >= 4 is 40.0 Å². The Kier molecular flexibility index (Phi) is 6.21. The molecule has 28 heavy (non-hydrogen) atoms. The summed E-state index contributed by atoms with van der Waals surface area (Å²) in [5, 5.41) is 1.53. The number of carbonyl (C=O) groups is 1. The summed E-state index contributed by atoms with van der Waals surface area (Å²) < 4.78 is 5.70. The van der Waals surface area contributed by atoms with E-state index in [2.05, 4.69) is 9.97 Å². The van der Waals surface area contributed by atoms with Crippen molar-refractivity contribution in [1.82, 2.24) is 14.9 Å². The first-order valence-electron chi connectivity index (χ1n) is 8.77. The summed E-state index contributed by atoms with van der Waals surface area (Å²) in [6.07, 6.45) is -0.706. The van der Waals surface area contributed by atoms with Crippen LogP contribution in [0.15, 0.2) is 47.3 Å². The average Bonchev–Trinajstić information content (AvgIpc) is 2.67. The maximum absolute atomic E-state index is 12.8. The molecule has 0 bridgehead atoms. The van der Waals surface area contributed by atoms with Gasteiger partial charge in [0.1, 0.15) is 11.6 Å². The molecule has 0 spiro atoms. The monoisotopic (exact) mass is 419 g/mol. The second-order valence-corrected chi connectivity index (χ2v) is 7.11. The minimum atomic E-state index is -0.706. The number of benzene rings is 2. The van der Waals surface area contributed by atoms with Crippen molar-refractivity contribution in [1.29, 1.82) is 0 Å². The van der Waals surface area contributed by atoms with E-state index in [9.17, 15) is 9.59 Å². The molecule has 2 aromatic carbocycles. The first-order valence-corrected chi connectivity index (χ1v) is 9.52. The molecule has 146 valence electrons. The van der Waals surface area contributed by atoms with Gasteiger partial charge < -0.3 is 14.6 Å². The molecule has 1 amide bonds. The van der Waals surface area contributed by atoms with Crippen molar-refractivity contribution in [3.05, 3.63) is 68.7 Å². The minimum Gasteiger partial charge on any atom is -0.481 e. The van der Waals surface area contributed by atoms with Crippen LogP contribution in [0.5, 0.6) is 5.75 Å². The molecule has 0 fully saturated rings. The summed E-state index contributed by atoms with van der Waals surface area (Å²) in [5.74, 6) is 0.716. The van der Waals surface area contributed by atoms with Gasteiger partial charge in [0, 0.05) is 16.6 Å². The Bertz CT molecular complexity index is 1050. The third-order valence-corrected chi connectivity index (χ3v) is 4.71. The molecule has 8 heteroatoms. The fourth-order valence-electron chi connectivity index (χ4n) is 2.79. The second-order valence-electron chi connectivity index (χ2n) is 6.24. The highest BCUT2D eigenvalue weighted by atomic mass is 35.5. The summed E-state index contributed by atoms with van der Waals surface area (Å²) in [4.78, 5) is 33.8. The number of fused-ring (bicyclic) bond motifs is 1. The van der Waals surface area contributed by atoms with Crippen molar-refractivity contribution in [3.8, 4) is 5.75 Å². The van der Waals surface area contributed by atoms with Gasteiger partial charge in [-0.05, 0) is 56.3 Å². The fourth-order valence-corrected chi connectivity index (χ4v) is 3.08. The van der Waals surface area contributed by atoms with Gasteiger partial charge in [0.05, 0.1) is 17.4 Å². The minimum absolute atomic E-state index is 0.154. The SMILES string of the molecule is CCN(Cc1nc2cc(Cl)ccc2c(=O)[nH]1)C(=O)[C@@H](C)Oc1ccc(Cl)cc1. The van der Waals surface area contributed by atoms with Crippen molar-refractivity contribution < 1.29 is 9.53 Å². The quantitative estimate of drug-likeness (QED) is 0.653. The molecule has 0 saturated heterocycles. The third-order valence-electron chi connectivity index (χ3n) is 4.23. The predicted octanol–water partition coefficient (Wildman–Crippen LogP) is 4.05. The normalized spacial score (nSPS) is 12.0. The molecule has 6 nitrogen and oxygen atoms in total. The molecule has 0 radical (unpaired) electrons. The Morgan fingerprint density at radius 3 is 2.54 bits per heavy atom. The summed E-state index contributed by atoms with van der Waals surface area (Å²) in [5.41, 5.74) is 0.214. The smallest absolute Gasteiger partial charge is 0.263 e. The van der Waals surface area contributed by atoms with Crippen molar-refractivity contribution in [3.63, 3.8) is 0 Å². The number of nitrogens with one attached hydrogen (secondary N) is 1. The molecule has 0 saturated carbocycles. The number of carbonyl (C=O) groups excluding carboxylic acids is 1. The van der Waals surface area contributed by atoms with E-state index in [-0.39, 0.29) is 18.0 Å². The predicted molar refractivity (Wildman–Crippen MR) is 110 cm³/mol. The highest BCUT2D eigenvalue weighted by Crippen LogP contribution is 2.18. The number of likely N-dealkylation sites (N-methyl/N-ethyl adjacent to an activating group) is 1. The van der Waals surface area contributed by atoms with Crippen molar-refractivity contribution in [2.45, 2.75) is 26.5 Å². The van der Waals surface area contributed by atoms with E-state index in [1.807, 2.05) is 6.92 Å². The highest BCUT2D eigenvalue weighted by molar-refractivity contribution is 6.31. The van der Waals surface area contributed by atoms with E-state index in [0.717, 1.165) is 0 Å². The van der Waals surface area contributed by atoms with E-state index in [4.69, 9.17) is 27.9 Å². The zero-order chi connectivity index (χ0) is 20.3. The van der Waals surface area contributed by atoms with Gasteiger partial charge in [0.25, 0.3) is 11.5 Å². The largest absolute Gasteiger partial charge is 0.481 e. The Labute approximate surface area is 172 Å². The Morgan fingerprint density at radius 1 is 1.18 bits per heavy atom. The van der Waals surface area contributed by atoms with Crippen molar-refractivity contribution in [2.75, 3.05) is 6.54 Å². The van der Waals surface area contributed by atoms with Crippen molar-refractivity contribution in [2.24, 2.45) is 0 Å². The highest BCUT2D eigenvalue weighted by Gasteiger charge is 2.22. The van der Waals surface area contributed by atoms with Crippen LogP contribution in [0, 0.1) is 0 Å². The lowest BCUT2D eigenvalue weighted by Crippen LogP contribution is -2.40. The average molecular weight is 420 g/mol. The zero-order valence-corrected chi connectivity index (χ0v) is 16.9. The zero-order valence-electron chi connectivity index (χ0n) is 15.4. The molecule has 0 aliphatic heterocycles. The van der Waals surface area contributed by atoms with Crippen LogP contribution in [0.2, 0.25) is 10.0 Å². The number of aromatic nitrogens is 2. The van der Waals surface area contributed by atoms with E-state index in [0.29, 0.717) is 39.1 Å². The van der Waals surface area contributed by atoms with Crippen LogP contribution in [0.25, 0.3) is 10.9 Å². The van der Waals surface area contributed by atoms with Gasteiger partial charge in [0.15, 0.2) is 6.10 Å². The Balaban J connectivity index is 1.77. The number of ether oxygens (including phenoxy) is 1. The third kappa shape index (κ3) is 4.64. The lowest BCUT2D eigenvalue weighted by molar-refractivity contribution is -0.138. The Hall–Kier alpha value is -2.57. The number of nitrogens with zero attached hydrogens (tertiary/aromatic N) is 2. The van der Waals surface area contributed by atoms with Gasteiger partial charge in [-0.25, -0.2) is 4.98 Å². The lowest BCUT2D eigenvalue weighted by Gasteiger charge is -2.24. The van der Waals surface area contributed by atoms with Gasteiger partial charge in [-0.2, -0.15) is 0 Å². The summed E-state index contributed by atoms with van der Waals surface area (Å²) >= 11 is 11.9. The van der Waals surface area contributed by atoms with Crippen LogP contribution in [0.1, 0.15) is 19.7 Å². The maximum atomic E-state index is 12.8. The molecule has 0 aliphatic carbocycles. The second kappa shape index (κ2) is 8.63. The molecular formula is C20H19Cl2N3O3. The first-order chi connectivity index (χ1) is 13.4. The number of amides is 1. The van der Waals surface area contributed by atoms with Gasteiger partial charge in [0.2, 0.25) is 0 Å². The summed E-state index contributed by atoms with van der Waals surface area (Å²) in [6, 6.07) is 11.7. The molecule has 1 atom stereocenters. The van der Waals surface area contributed by atoms with Crippen LogP contribution < -0.4 is 10.3 Å². The number of hydrogen-bond donors (Lipinski definition) is 1. The molecule has 0 aliphatic rings. The van der Waals surface area contributed by atoms with Crippen LogP contribution in [-0.4, -0.2) is 33.4 Å². The molecule has 3 aromatic rings. The van der Waals surface area contributed by atoms with Gasteiger partial charge >= 0.3 is 0 Å². The number of rotatable bonds is 6.